The van der Waals surface area contributed by atoms with Crippen molar-refractivity contribution < 1.29 is 61.4 Å². The van der Waals surface area contributed by atoms with Crippen LogP contribution < -0.4 is 11.3 Å². The topological polar surface area (TPSA) is 299 Å². The number of nitrogens with zero attached hydrogens (tertiary/aromatic N) is 3. The van der Waals surface area contributed by atoms with Gasteiger partial charge in [0.15, 0.2) is 17.4 Å². The van der Waals surface area contributed by atoms with Crippen molar-refractivity contribution in [1.29, 1.82) is 0 Å². The van der Waals surface area contributed by atoms with Crippen LogP contribution in [0.5, 0.6) is 0 Å². The summed E-state index contributed by atoms with van der Waals surface area (Å²) in [7, 11) is -17.2. The number of anilines is 1. The first-order valence-corrected chi connectivity index (χ1v) is 14.5. The Morgan fingerprint density at radius 2 is 1.81 bits per heavy atom. The molecule has 1 aliphatic heterocycles. The van der Waals surface area contributed by atoms with Crippen molar-refractivity contribution >= 4 is 40.6 Å². The number of aromatic amines is 1. The summed E-state index contributed by atoms with van der Waals surface area (Å²) in [5, 5.41) is 21.4. The summed E-state index contributed by atoms with van der Waals surface area (Å²) in [6.45, 7) is 6.33. The first-order chi connectivity index (χ1) is 16.8. The number of hydrogen-bond acceptors (Lipinski definition) is 13. The number of aromatic nitrogens is 4. The molecule has 0 spiro atoms. The fraction of sp³-hybridized carbons (Fsp3) is 0.533. The maximum atomic E-state index is 12.5. The van der Waals surface area contributed by atoms with Crippen LogP contribution in [0.1, 0.15) is 20.1 Å². The smallest absolute Gasteiger partial charge is 0.387 e. The molecule has 0 amide bonds. The molecule has 0 bridgehead atoms. The number of ether oxygens (including phenoxy) is 1. The Morgan fingerprint density at radius 1 is 1.19 bits per heavy atom. The lowest BCUT2D eigenvalue weighted by Crippen LogP contribution is -2.46. The van der Waals surface area contributed by atoms with Crippen molar-refractivity contribution in [2.45, 2.75) is 44.5 Å². The van der Waals surface area contributed by atoms with Crippen LogP contribution in [0.25, 0.3) is 11.2 Å². The molecule has 7 atom stereocenters. The van der Waals surface area contributed by atoms with E-state index in [0.717, 1.165) is 10.9 Å². The molecule has 19 nitrogen and oxygen atoms in total. The zero-order chi connectivity index (χ0) is 28.1. The van der Waals surface area contributed by atoms with E-state index < -0.39 is 65.1 Å². The predicted molar refractivity (Wildman–Crippen MR) is 121 cm³/mol. The van der Waals surface area contributed by atoms with Gasteiger partial charge in [-0.15, -0.1) is 6.58 Å². The van der Waals surface area contributed by atoms with Gasteiger partial charge in [-0.2, -0.15) is 13.6 Å². The molecule has 3 unspecified atom stereocenters. The van der Waals surface area contributed by atoms with Crippen molar-refractivity contribution in [3.05, 3.63) is 29.3 Å². The van der Waals surface area contributed by atoms with Crippen LogP contribution >= 0.6 is 23.5 Å². The molecule has 3 heterocycles. The van der Waals surface area contributed by atoms with Crippen molar-refractivity contribution in [2.24, 2.45) is 5.41 Å². The SMILES string of the molecule is C=CC(C)(C)C(OP(=O)(O)OP(=O)(O)OP(=O)(O)O)[C@H]1O[C@@H](n2cnc3c(=O)[nH]c(N)nc32)[C@H](O)[C@@H]1O. The summed E-state index contributed by atoms with van der Waals surface area (Å²) in [6.07, 6.45) is -6.28. The van der Waals surface area contributed by atoms with Gasteiger partial charge in [-0.1, -0.05) is 19.9 Å². The average Bonchev–Trinajstić information content (AvgIpc) is 3.25. The number of phosphoric acid groups is 3. The highest BCUT2D eigenvalue weighted by molar-refractivity contribution is 7.66. The number of H-pyrrole nitrogens is 1. The summed E-state index contributed by atoms with van der Waals surface area (Å²) in [4.78, 5) is 59.0. The van der Waals surface area contributed by atoms with E-state index in [9.17, 15) is 38.5 Å². The molecule has 9 N–H and O–H groups in total. The number of nitrogens with one attached hydrogen (secondary N) is 1. The molecule has 22 heteroatoms. The molecule has 0 radical (unpaired) electrons. The lowest BCUT2D eigenvalue weighted by atomic mass is 9.82. The number of fused-ring (bicyclic) bond motifs is 1. The lowest BCUT2D eigenvalue weighted by molar-refractivity contribution is -0.105. The lowest BCUT2D eigenvalue weighted by Gasteiger charge is -2.36. The summed E-state index contributed by atoms with van der Waals surface area (Å²) < 4.78 is 54.3. The molecule has 2 aromatic heterocycles. The number of rotatable bonds is 10. The standard InChI is InChI=1S/C15H24N5O14P3/c1-4-15(2,3)10(32-36(27,28)34-37(29,30)33-35(24,25)26)9-7(21)8(22)13(31-9)20-5-17-6-11(20)18-14(16)19-12(6)23/h4-5,7-10,13,21-22H,1H2,2-3H3,(H,27,28)(H,29,30)(H2,24,25,26)(H3,16,18,19,23)/t7-,8+,9-,10?,13+/m0/s1. The number of aliphatic hydroxyl groups is 2. The van der Waals surface area contributed by atoms with Gasteiger partial charge in [-0.3, -0.25) is 18.9 Å². The van der Waals surface area contributed by atoms with Crippen molar-refractivity contribution in [2.75, 3.05) is 5.73 Å². The maximum Gasteiger partial charge on any atom is 0.490 e. The summed E-state index contributed by atoms with van der Waals surface area (Å²) in [5.41, 5.74) is 3.15. The van der Waals surface area contributed by atoms with Crippen LogP contribution in [0.3, 0.4) is 0 Å². The third-order valence-electron chi connectivity index (χ3n) is 5.22. The second kappa shape index (κ2) is 10.1. The maximum absolute atomic E-state index is 12.5. The monoisotopic (exact) mass is 591 g/mol. The van der Waals surface area contributed by atoms with Crippen LogP contribution in [-0.2, 0) is 31.6 Å². The number of aliphatic hydroxyl groups excluding tert-OH is 2. The van der Waals surface area contributed by atoms with Gasteiger partial charge in [0.1, 0.15) is 24.4 Å². The van der Waals surface area contributed by atoms with Gasteiger partial charge >= 0.3 is 23.5 Å². The van der Waals surface area contributed by atoms with Gasteiger partial charge < -0.3 is 40.3 Å². The molecule has 1 fully saturated rings. The first-order valence-electron chi connectivity index (χ1n) is 9.96. The minimum absolute atomic E-state index is 0.134. The van der Waals surface area contributed by atoms with Crippen molar-refractivity contribution in [3.8, 4) is 0 Å². The Morgan fingerprint density at radius 3 is 2.38 bits per heavy atom. The molecular formula is C15H24N5O14P3. The zero-order valence-corrected chi connectivity index (χ0v) is 21.6. The third kappa shape index (κ3) is 6.61. The van der Waals surface area contributed by atoms with Gasteiger partial charge in [0, 0.05) is 5.41 Å². The van der Waals surface area contributed by atoms with Crippen molar-refractivity contribution in [3.63, 3.8) is 0 Å². The highest BCUT2D eigenvalue weighted by Crippen LogP contribution is 2.67. The Bertz CT molecular complexity index is 1390. The highest BCUT2D eigenvalue weighted by atomic mass is 31.3. The van der Waals surface area contributed by atoms with E-state index in [1.165, 1.54) is 19.9 Å². The molecule has 3 rings (SSSR count). The minimum Gasteiger partial charge on any atom is -0.387 e. The van der Waals surface area contributed by atoms with E-state index in [1.54, 1.807) is 0 Å². The van der Waals surface area contributed by atoms with Crippen LogP contribution in [0.15, 0.2) is 23.8 Å². The Balaban J connectivity index is 1.96. The zero-order valence-electron chi connectivity index (χ0n) is 19.0. The molecule has 2 aromatic rings. The van der Waals surface area contributed by atoms with Gasteiger partial charge in [0.05, 0.1) is 6.33 Å². The predicted octanol–water partition coefficient (Wildman–Crippen LogP) is -0.755. The number of phosphoric ester groups is 1. The van der Waals surface area contributed by atoms with Gasteiger partial charge in [-0.25, -0.2) is 18.7 Å². The molecule has 37 heavy (non-hydrogen) atoms. The summed E-state index contributed by atoms with van der Waals surface area (Å²) in [5.74, 6) is -0.290. The largest absolute Gasteiger partial charge is 0.490 e. The van der Waals surface area contributed by atoms with E-state index in [1.807, 2.05) is 0 Å². The number of hydrogen-bond donors (Lipinski definition) is 8. The van der Waals surface area contributed by atoms with Gasteiger partial charge in [0.2, 0.25) is 5.95 Å². The fourth-order valence-corrected chi connectivity index (χ4v) is 6.81. The Labute approximate surface area is 207 Å². The second-order valence-corrected chi connectivity index (χ2v) is 12.8. The quantitative estimate of drug-likeness (QED) is 0.124. The minimum atomic E-state index is -5.84. The summed E-state index contributed by atoms with van der Waals surface area (Å²) in [6, 6.07) is 0. The Hall–Kier alpha value is -1.82. The molecule has 0 aliphatic carbocycles. The molecule has 0 aromatic carbocycles. The van der Waals surface area contributed by atoms with Gasteiger partial charge in [-0.05, 0) is 0 Å². The van der Waals surface area contributed by atoms with Gasteiger partial charge in [0.25, 0.3) is 5.56 Å². The Kier molecular flexibility index (Phi) is 8.08. The van der Waals surface area contributed by atoms with Crippen LogP contribution in [0, 0.1) is 5.41 Å². The third-order valence-corrected chi connectivity index (χ3v) is 9.04. The molecular weight excluding hydrogens is 567 g/mol. The van der Waals surface area contributed by atoms with E-state index >= 15 is 0 Å². The van der Waals surface area contributed by atoms with Crippen molar-refractivity contribution in [1.82, 2.24) is 19.5 Å². The highest BCUT2D eigenvalue weighted by Gasteiger charge is 2.54. The number of imidazole rings is 1. The molecule has 208 valence electrons. The van der Waals surface area contributed by atoms with Crippen LogP contribution in [0.2, 0.25) is 0 Å². The van der Waals surface area contributed by atoms with E-state index in [0.29, 0.717) is 0 Å². The molecule has 1 aliphatic rings. The van der Waals surface area contributed by atoms with Crippen LogP contribution in [-0.4, -0.2) is 73.7 Å². The molecule has 0 saturated carbocycles. The van der Waals surface area contributed by atoms with E-state index in [-0.39, 0.29) is 17.1 Å². The number of nitrogens with two attached hydrogens (primary N) is 1. The molecule has 1 saturated heterocycles. The van der Waals surface area contributed by atoms with E-state index in [4.69, 9.17) is 24.8 Å². The first kappa shape index (κ1) is 29.7. The average molecular weight is 591 g/mol. The fourth-order valence-electron chi connectivity index (χ4n) is 3.47. The van der Waals surface area contributed by atoms with E-state index in [2.05, 4.69) is 30.2 Å². The number of nitrogen functional groups attached to an aromatic ring is 1. The normalized spacial score (nSPS) is 27.0. The van der Waals surface area contributed by atoms with Crippen LogP contribution in [0.4, 0.5) is 5.95 Å². The summed E-state index contributed by atoms with van der Waals surface area (Å²) >= 11 is 0. The second-order valence-electron chi connectivity index (χ2n) is 8.39.